The topological polar surface area (TPSA) is 52.0 Å². The van der Waals surface area contributed by atoms with Crippen LogP contribution in [0.4, 0.5) is 0 Å². The van der Waals surface area contributed by atoms with Crippen LogP contribution in [-0.4, -0.2) is 36.1 Å². The predicted molar refractivity (Wildman–Crippen MR) is 77.1 cm³/mol. The first-order chi connectivity index (χ1) is 6.91. The largest absolute Gasteiger partial charge is 0.330 e. The molecule has 0 aliphatic carbocycles. The molecule has 2 nitrogen and oxygen atoms in total. The Morgan fingerprint density at radius 3 is 1.50 bits per heavy atom. The van der Waals surface area contributed by atoms with Crippen LogP contribution in [-0.2, 0) is 0 Å². The summed E-state index contributed by atoms with van der Waals surface area (Å²) in [5.41, 5.74) is 10.7. The molecule has 0 saturated carbocycles. The maximum absolute atomic E-state index is 5.37. The summed E-state index contributed by atoms with van der Waals surface area (Å²) in [5, 5.41) is 0. The fraction of sp³-hybridized carbons (Fsp3) is 0.750. The van der Waals surface area contributed by atoms with Crippen molar-refractivity contribution in [2.24, 2.45) is 11.5 Å². The Bertz CT molecular complexity index is 119. The van der Waals surface area contributed by atoms with Crippen molar-refractivity contribution in [2.45, 2.75) is 0 Å². The van der Waals surface area contributed by atoms with Crippen molar-refractivity contribution < 1.29 is 0 Å². The zero-order valence-electron chi connectivity index (χ0n) is 8.19. The highest BCUT2D eigenvalue weighted by molar-refractivity contribution is 8.77. The van der Waals surface area contributed by atoms with Gasteiger partial charge in [0.05, 0.1) is 0 Å². The lowest BCUT2D eigenvalue weighted by Crippen LogP contribution is -1.99. The van der Waals surface area contributed by atoms with Crippen LogP contribution in [0.25, 0.3) is 0 Å². The lowest BCUT2D eigenvalue weighted by atomic mass is 10.6. The van der Waals surface area contributed by atoms with Crippen LogP contribution in [0, 0.1) is 0 Å². The molecule has 0 aromatic carbocycles. The zero-order valence-corrected chi connectivity index (χ0v) is 11.5. The summed E-state index contributed by atoms with van der Waals surface area (Å²) in [5.74, 6) is 4.23. The Labute approximate surface area is 103 Å². The molecule has 0 atom stereocenters. The second-order valence-electron chi connectivity index (χ2n) is 2.26. The number of hydrogen-bond donors (Lipinski definition) is 2. The van der Waals surface area contributed by atoms with Crippen molar-refractivity contribution in [3.05, 3.63) is 12.2 Å². The Balaban J connectivity index is 2.96. The highest BCUT2D eigenvalue weighted by atomic mass is 33.1. The van der Waals surface area contributed by atoms with Gasteiger partial charge in [0.1, 0.15) is 0 Å². The van der Waals surface area contributed by atoms with Gasteiger partial charge in [-0.15, -0.1) is 0 Å². The molecule has 0 unspecified atom stereocenters. The van der Waals surface area contributed by atoms with Gasteiger partial charge in [-0.25, -0.2) is 0 Å². The summed E-state index contributed by atoms with van der Waals surface area (Å²) in [6.07, 6.45) is 4.42. The molecule has 0 fully saturated rings. The molecular formula is C8H18N2S4. The second kappa shape index (κ2) is 14.1. The minimum absolute atomic E-state index is 0.771. The molecule has 0 saturated heterocycles. The maximum atomic E-state index is 5.37. The van der Waals surface area contributed by atoms with E-state index in [0.717, 1.165) is 36.1 Å². The third-order valence-electron chi connectivity index (χ3n) is 1.06. The Morgan fingerprint density at radius 1 is 0.714 bits per heavy atom. The summed E-state index contributed by atoms with van der Waals surface area (Å²) in [7, 11) is 7.39. The van der Waals surface area contributed by atoms with Gasteiger partial charge in [0.2, 0.25) is 0 Å². The van der Waals surface area contributed by atoms with E-state index in [-0.39, 0.29) is 0 Å². The molecule has 0 aromatic rings. The number of rotatable bonds is 10. The first-order valence-corrected chi connectivity index (χ1v) is 9.43. The van der Waals surface area contributed by atoms with Gasteiger partial charge < -0.3 is 11.5 Å². The van der Waals surface area contributed by atoms with Gasteiger partial charge in [0.25, 0.3) is 0 Å². The van der Waals surface area contributed by atoms with Crippen LogP contribution >= 0.6 is 43.2 Å². The highest BCUT2D eigenvalue weighted by Gasteiger charge is 1.86. The first kappa shape index (κ1) is 15.1. The fourth-order valence-corrected chi connectivity index (χ4v) is 3.91. The Hall–Kier alpha value is 1.06. The van der Waals surface area contributed by atoms with E-state index in [1.54, 1.807) is 0 Å². The quantitative estimate of drug-likeness (QED) is 0.361. The van der Waals surface area contributed by atoms with Gasteiger partial charge in [0.15, 0.2) is 0 Å². The van der Waals surface area contributed by atoms with Gasteiger partial charge in [-0.2, -0.15) is 0 Å². The van der Waals surface area contributed by atoms with E-state index in [2.05, 4.69) is 12.2 Å². The van der Waals surface area contributed by atoms with Gasteiger partial charge in [-0.1, -0.05) is 55.3 Å². The van der Waals surface area contributed by atoms with Crippen molar-refractivity contribution in [3.8, 4) is 0 Å². The van der Waals surface area contributed by atoms with E-state index < -0.39 is 0 Å². The smallest absolute Gasteiger partial charge is 0.0218 e. The molecule has 0 aliphatic heterocycles. The van der Waals surface area contributed by atoms with Crippen molar-refractivity contribution in [3.63, 3.8) is 0 Å². The van der Waals surface area contributed by atoms with E-state index in [9.17, 15) is 0 Å². The maximum Gasteiger partial charge on any atom is 0.0218 e. The standard InChI is InChI=1S/C8H18N2S4/c9-3-7-13-11-5-1-2-6-12-14-8-4-10/h1-2H,3-10H2/b2-1-. The molecule has 0 radical (unpaired) electrons. The highest BCUT2D eigenvalue weighted by Crippen LogP contribution is 2.21. The normalized spacial score (nSPS) is 11.3. The molecule has 4 N–H and O–H groups in total. The van der Waals surface area contributed by atoms with Crippen molar-refractivity contribution >= 4 is 43.2 Å². The van der Waals surface area contributed by atoms with Gasteiger partial charge in [-0.05, 0) is 0 Å². The van der Waals surface area contributed by atoms with Crippen LogP contribution in [0.15, 0.2) is 12.2 Å². The van der Waals surface area contributed by atoms with Crippen molar-refractivity contribution in [1.82, 2.24) is 0 Å². The van der Waals surface area contributed by atoms with E-state index in [4.69, 9.17) is 11.5 Å². The van der Waals surface area contributed by atoms with Crippen molar-refractivity contribution in [2.75, 3.05) is 36.1 Å². The third kappa shape index (κ3) is 13.1. The average Bonchev–Trinajstić information content (AvgIpc) is 2.21. The average molecular weight is 271 g/mol. The van der Waals surface area contributed by atoms with E-state index in [0.29, 0.717) is 0 Å². The molecule has 0 amide bonds. The van der Waals surface area contributed by atoms with Crippen LogP contribution in [0.5, 0.6) is 0 Å². The van der Waals surface area contributed by atoms with E-state index >= 15 is 0 Å². The molecule has 0 heterocycles. The van der Waals surface area contributed by atoms with Crippen LogP contribution in [0.2, 0.25) is 0 Å². The second-order valence-corrected chi connectivity index (χ2v) is 7.52. The number of hydrogen-bond acceptors (Lipinski definition) is 6. The minimum Gasteiger partial charge on any atom is -0.330 e. The SMILES string of the molecule is NCCSSC/C=C\CSSCCN. The van der Waals surface area contributed by atoms with E-state index in [1.807, 2.05) is 43.2 Å². The summed E-state index contributed by atoms with van der Waals surface area (Å²) < 4.78 is 0. The molecule has 0 aromatic heterocycles. The van der Waals surface area contributed by atoms with Crippen LogP contribution < -0.4 is 11.5 Å². The molecule has 0 bridgehead atoms. The molecule has 0 aliphatic rings. The van der Waals surface area contributed by atoms with Crippen LogP contribution in [0.1, 0.15) is 0 Å². The lowest BCUT2D eigenvalue weighted by Gasteiger charge is -1.95. The summed E-state index contributed by atoms with van der Waals surface area (Å²) in [6.45, 7) is 1.54. The summed E-state index contributed by atoms with van der Waals surface area (Å²) in [6, 6.07) is 0. The fourth-order valence-electron chi connectivity index (χ4n) is 0.525. The summed E-state index contributed by atoms with van der Waals surface area (Å²) >= 11 is 0. The van der Waals surface area contributed by atoms with E-state index in [1.165, 1.54) is 0 Å². The van der Waals surface area contributed by atoms with Gasteiger partial charge in [-0.3, -0.25) is 0 Å². The monoisotopic (exact) mass is 270 g/mol. The molecule has 84 valence electrons. The Morgan fingerprint density at radius 2 is 1.14 bits per heavy atom. The predicted octanol–water partition coefficient (Wildman–Crippen LogP) is 2.22. The summed E-state index contributed by atoms with van der Waals surface area (Å²) in [4.78, 5) is 0. The van der Waals surface area contributed by atoms with Gasteiger partial charge >= 0.3 is 0 Å². The third-order valence-corrected chi connectivity index (χ3v) is 5.68. The minimum atomic E-state index is 0.771. The lowest BCUT2D eigenvalue weighted by molar-refractivity contribution is 1.16. The zero-order chi connectivity index (χ0) is 10.5. The molecule has 6 heteroatoms. The first-order valence-electron chi connectivity index (χ1n) is 4.45. The molecule has 0 rings (SSSR count). The Kier molecular flexibility index (Phi) is 15.1. The molecular weight excluding hydrogens is 252 g/mol. The van der Waals surface area contributed by atoms with Crippen molar-refractivity contribution in [1.29, 1.82) is 0 Å². The van der Waals surface area contributed by atoms with Gasteiger partial charge in [0, 0.05) is 36.1 Å². The van der Waals surface area contributed by atoms with Crippen LogP contribution in [0.3, 0.4) is 0 Å². The molecule has 0 spiro atoms. The molecule has 14 heavy (non-hydrogen) atoms. The number of nitrogens with two attached hydrogens (primary N) is 2.